The van der Waals surface area contributed by atoms with Gasteiger partial charge < -0.3 is 15.8 Å². The van der Waals surface area contributed by atoms with Gasteiger partial charge in [-0.25, -0.2) is 13.1 Å². The molecule has 0 amide bonds. The number of nitrogens with zero attached hydrogens (tertiary/aromatic N) is 1. The lowest BCUT2D eigenvalue weighted by Gasteiger charge is -2.10. The predicted octanol–water partition coefficient (Wildman–Crippen LogP) is 3.28. The van der Waals surface area contributed by atoms with E-state index in [-0.39, 0.29) is 53.0 Å². The Morgan fingerprint density at radius 3 is 2.39 bits per heavy atom. The summed E-state index contributed by atoms with van der Waals surface area (Å²) in [6, 6.07) is 8.16. The van der Waals surface area contributed by atoms with E-state index >= 15 is 0 Å². The molecule has 0 atom stereocenters. The van der Waals surface area contributed by atoms with Gasteiger partial charge in [0.05, 0.1) is 6.54 Å². The Balaban J connectivity index is 0.00000392. The summed E-state index contributed by atoms with van der Waals surface area (Å²) in [5.74, 6) is -0.368. The van der Waals surface area contributed by atoms with E-state index < -0.39 is 16.4 Å². The SMILES string of the molecule is Cc1ccc(S(=O)(=O)NCCN=C(N)Nc2ccc(OC(F)(F)F)cc2)s1.I. The predicted molar refractivity (Wildman–Crippen MR) is 113 cm³/mol. The first-order chi connectivity index (χ1) is 12.5. The van der Waals surface area contributed by atoms with Crippen molar-refractivity contribution in [2.75, 3.05) is 18.4 Å². The van der Waals surface area contributed by atoms with Crippen molar-refractivity contribution in [3.8, 4) is 5.75 Å². The molecular formula is C15H18F3IN4O3S2. The minimum Gasteiger partial charge on any atom is -0.406 e. The van der Waals surface area contributed by atoms with Gasteiger partial charge in [-0.1, -0.05) is 0 Å². The topological polar surface area (TPSA) is 106 Å². The second-order valence-electron chi connectivity index (χ2n) is 5.23. The van der Waals surface area contributed by atoms with E-state index in [9.17, 15) is 21.6 Å². The quantitative estimate of drug-likeness (QED) is 0.213. The second kappa shape index (κ2) is 10.3. The third-order valence-electron chi connectivity index (χ3n) is 3.03. The minimum absolute atomic E-state index is 0. The van der Waals surface area contributed by atoms with Crippen LogP contribution < -0.4 is 20.5 Å². The number of benzene rings is 1. The molecule has 0 spiro atoms. The molecule has 1 heterocycles. The maximum atomic E-state index is 12.1. The van der Waals surface area contributed by atoms with Gasteiger partial charge in [0.15, 0.2) is 5.96 Å². The van der Waals surface area contributed by atoms with Gasteiger partial charge in [-0.15, -0.1) is 48.5 Å². The largest absolute Gasteiger partial charge is 0.573 e. The highest BCUT2D eigenvalue weighted by Gasteiger charge is 2.30. The van der Waals surface area contributed by atoms with E-state index in [1.54, 1.807) is 6.07 Å². The molecule has 7 nitrogen and oxygen atoms in total. The van der Waals surface area contributed by atoms with Gasteiger partial charge in [0.2, 0.25) is 10.0 Å². The van der Waals surface area contributed by atoms with Gasteiger partial charge in [-0.2, -0.15) is 0 Å². The molecule has 0 fully saturated rings. The van der Waals surface area contributed by atoms with Gasteiger partial charge in [-0.05, 0) is 43.3 Å². The monoisotopic (exact) mass is 550 g/mol. The third kappa shape index (κ3) is 8.20. The number of guanidine groups is 1. The standard InChI is InChI=1S/C15H17F3N4O3S2.HI/c1-10-2-7-13(26-10)27(23,24)21-9-8-20-14(19)22-11-3-5-12(6-4-11)25-15(16,17)18;/h2-7,21H,8-9H2,1H3,(H3,19,20,22);1H. The molecule has 0 saturated carbocycles. The molecule has 2 aromatic rings. The van der Waals surface area contributed by atoms with Crippen LogP contribution in [0, 0.1) is 6.92 Å². The van der Waals surface area contributed by atoms with Gasteiger partial charge in [-0.3, -0.25) is 4.99 Å². The Labute approximate surface area is 181 Å². The summed E-state index contributed by atoms with van der Waals surface area (Å²) >= 11 is 1.16. The number of thiophene rings is 1. The van der Waals surface area contributed by atoms with Crippen molar-refractivity contribution in [2.24, 2.45) is 10.7 Å². The molecule has 156 valence electrons. The second-order valence-corrected chi connectivity index (χ2v) is 8.51. The Hall–Kier alpha value is -1.58. The summed E-state index contributed by atoms with van der Waals surface area (Å²) in [6.45, 7) is 1.93. The molecule has 0 aliphatic heterocycles. The summed E-state index contributed by atoms with van der Waals surface area (Å²) in [5.41, 5.74) is 6.07. The first-order valence-electron chi connectivity index (χ1n) is 7.54. The van der Waals surface area contributed by atoms with Gasteiger partial charge in [0.1, 0.15) is 9.96 Å². The zero-order chi connectivity index (χ0) is 20.1. The Kier molecular flexibility index (Phi) is 8.97. The zero-order valence-corrected chi connectivity index (χ0v) is 18.4. The van der Waals surface area contributed by atoms with Crippen molar-refractivity contribution in [3.05, 3.63) is 41.3 Å². The van der Waals surface area contributed by atoms with E-state index in [1.165, 1.54) is 18.2 Å². The maximum absolute atomic E-state index is 12.1. The van der Waals surface area contributed by atoms with Crippen molar-refractivity contribution >= 4 is 57.0 Å². The fourth-order valence-corrected chi connectivity index (χ4v) is 4.26. The van der Waals surface area contributed by atoms with Crippen molar-refractivity contribution in [3.63, 3.8) is 0 Å². The zero-order valence-electron chi connectivity index (χ0n) is 14.5. The lowest BCUT2D eigenvalue weighted by atomic mass is 10.3. The van der Waals surface area contributed by atoms with E-state index in [4.69, 9.17) is 5.73 Å². The van der Waals surface area contributed by atoms with Crippen LogP contribution in [0.3, 0.4) is 0 Å². The van der Waals surface area contributed by atoms with E-state index in [2.05, 4.69) is 19.8 Å². The number of nitrogens with two attached hydrogens (primary N) is 1. The molecule has 0 unspecified atom stereocenters. The average molecular weight is 550 g/mol. The van der Waals surface area contributed by atoms with Crippen LogP contribution in [-0.4, -0.2) is 33.8 Å². The van der Waals surface area contributed by atoms with Crippen LogP contribution in [0.25, 0.3) is 0 Å². The Morgan fingerprint density at radius 2 is 1.86 bits per heavy atom. The van der Waals surface area contributed by atoms with Crippen LogP contribution in [0.2, 0.25) is 0 Å². The van der Waals surface area contributed by atoms with E-state index in [0.717, 1.165) is 28.3 Å². The van der Waals surface area contributed by atoms with Crippen LogP contribution in [0.15, 0.2) is 45.6 Å². The highest BCUT2D eigenvalue weighted by molar-refractivity contribution is 14.0. The smallest absolute Gasteiger partial charge is 0.406 e. The van der Waals surface area contributed by atoms with Crippen molar-refractivity contribution in [1.82, 2.24) is 4.72 Å². The number of nitrogens with one attached hydrogen (secondary N) is 2. The first-order valence-corrected chi connectivity index (χ1v) is 9.84. The average Bonchev–Trinajstić information content (AvgIpc) is 3.00. The molecule has 4 N–H and O–H groups in total. The number of aliphatic imine (C=N–C) groups is 1. The third-order valence-corrected chi connectivity index (χ3v) is 5.98. The molecule has 0 saturated heterocycles. The Morgan fingerprint density at radius 1 is 1.21 bits per heavy atom. The van der Waals surface area contributed by atoms with Gasteiger partial charge in [0, 0.05) is 17.1 Å². The number of sulfonamides is 1. The molecular weight excluding hydrogens is 532 g/mol. The molecule has 1 aromatic heterocycles. The fraction of sp³-hybridized carbons (Fsp3) is 0.267. The number of aryl methyl sites for hydroxylation is 1. The molecule has 0 bridgehead atoms. The first kappa shape index (κ1) is 24.5. The normalized spacial score (nSPS) is 12.4. The van der Waals surface area contributed by atoms with Crippen LogP contribution in [0.4, 0.5) is 18.9 Å². The maximum Gasteiger partial charge on any atom is 0.573 e. The van der Waals surface area contributed by atoms with Gasteiger partial charge >= 0.3 is 6.36 Å². The highest BCUT2D eigenvalue weighted by atomic mass is 127. The molecule has 2 rings (SSSR count). The number of alkyl halides is 3. The Bertz CT molecular complexity index is 900. The summed E-state index contributed by atoms with van der Waals surface area (Å²) in [6.07, 6.45) is -4.76. The lowest BCUT2D eigenvalue weighted by molar-refractivity contribution is -0.274. The van der Waals surface area contributed by atoms with E-state index in [1.807, 2.05) is 6.92 Å². The molecule has 1 aromatic carbocycles. The summed E-state index contributed by atoms with van der Waals surface area (Å²) in [4.78, 5) is 4.83. The summed E-state index contributed by atoms with van der Waals surface area (Å²) in [7, 11) is -3.58. The number of anilines is 1. The molecule has 0 aliphatic rings. The van der Waals surface area contributed by atoms with Crippen LogP contribution in [-0.2, 0) is 10.0 Å². The molecule has 28 heavy (non-hydrogen) atoms. The number of hydrogen-bond donors (Lipinski definition) is 3. The lowest BCUT2D eigenvalue weighted by Crippen LogP contribution is -2.28. The van der Waals surface area contributed by atoms with Crippen LogP contribution in [0.5, 0.6) is 5.75 Å². The number of ether oxygens (including phenoxy) is 1. The van der Waals surface area contributed by atoms with Gasteiger partial charge in [0.25, 0.3) is 0 Å². The number of halogens is 4. The summed E-state index contributed by atoms with van der Waals surface area (Å²) < 4.78 is 66.7. The molecule has 13 heteroatoms. The van der Waals surface area contributed by atoms with Crippen molar-refractivity contribution < 1.29 is 26.3 Å². The number of hydrogen-bond acceptors (Lipinski definition) is 5. The minimum atomic E-state index is -4.76. The number of rotatable bonds is 7. The fourth-order valence-electron chi connectivity index (χ4n) is 1.91. The molecule has 0 aliphatic carbocycles. The van der Waals surface area contributed by atoms with Crippen LogP contribution in [0.1, 0.15) is 4.88 Å². The van der Waals surface area contributed by atoms with E-state index in [0.29, 0.717) is 5.69 Å². The van der Waals surface area contributed by atoms with Crippen molar-refractivity contribution in [1.29, 1.82) is 0 Å². The van der Waals surface area contributed by atoms with Crippen LogP contribution >= 0.6 is 35.3 Å². The molecule has 0 radical (unpaired) electrons. The highest BCUT2D eigenvalue weighted by Crippen LogP contribution is 2.24. The van der Waals surface area contributed by atoms with Crippen molar-refractivity contribution in [2.45, 2.75) is 17.5 Å². The summed E-state index contributed by atoms with van der Waals surface area (Å²) in [5, 5.41) is 2.68.